The Labute approximate surface area is 133 Å². The summed E-state index contributed by atoms with van der Waals surface area (Å²) in [5.41, 5.74) is -0.845. The second kappa shape index (κ2) is 7.86. The zero-order valence-electron chi connectivity index (χ0n) is 13.3. The summed E-state index contributed by atoms with van der Waals surface area (Å²) in [5.74, 6) is -0.354. The maximum atomic E-state index is 13.2. The highest BCUT2D eigenvalue weighted by Gasteiger charge is 2.36. The summed E-state index contributed by atoms with van der Waals surface area (Å²) in [6.45, 7) is 3.59. The quantitative estimate of drug-likeness (QED) is 0.816. The van der Waals surface area contributed by atoms with Crippen LogP contribution in [0.1, 0.15) is 25.8 Å². The first kappa shape index (κ1) is 18.8. The van der Waals surface area contributed by atoms with E-state index in [1.165, 1.54) is 30.1 Å². The lowest BCUT2D eigenvalue weighted by molar-refractivity contribution is -0.137. The van der Waals surface area contributed by atoms with Crippen LogP contribution in [-0.4, -0.2) is 25.5 Å². The molecule has 0 radical (unpaired) electrons. The number of carbonyl (C=O) groups is 1. The Morgan fingerprint density at radius 2 is 1.96 bits per heavy atom. The van der Waals surface area contributed by atoms with Gasteiger partial charge in [-0.1, -0.05) is 26.0 Å². The van der Waals surface area contributed by atoms with Gasteiger partial charge >= 0.3 is 6.18 Å². The number of hydrogen-bond acceptors (Lipinski definition) is 3. The molecular formula is C16H20F3N3O. The smallest absolute Gasteiger partial charge is 0.362 e. The summed E-state index contributed by atoms with van der Waals surface area (Å²) in [7, 11) is 1.46. The molecule has 0 aliphatic carbocycles. The van der Waals surface area contributed by atoms with E-state index in [-0.39, 0.29) is 18.2 Å². The molecule has 0 saturated heterocycles. The summed E-state index contributed by atoms with van der Waals surface area (Å²) in [5, 5.41) is 11.0. The third kappa shape index (κ3) is 5.16. The molecule has 1 N–H and O–H groups in total. The molecule has 0 aliphatic heterocycles. The summed E-state index contributed by atoms with van der Waals surface area (Å²) in [6, 6.07) is 6.15. The predicted molar refractivity (Wildman–Crippen MR) is 81.7 cm³/mol. The van der Waals surface area contributed by atoms with Crippen molar-refractivity contribution < 1.29 is 18.0 Å². The molecule has 0 bridgehead atoms. The summed E-state index contributed by atoms with van der Waals surface area (Å²) in [6.07, 6.45) is -4.13. The Hall–Kier alpha value is -2.23. The van der Waals surface area contributed by atoms with Crippen molar-refractivity contribution in [3.63, 3.8) is 0 Å². The number of nitrogens with zero attached hydrogens (tertiary/aromatic N) is 2. The van der Waals surface area contributed by atoms with Crippen molar-refractivity contribution in [3.8, 4) is 6.07 Å². The van der Waals surface area contributed by atoms with Gasteiger partial charge in [0.2, 0.25) is 5.91 Å². The van der Waals surface area contributed by atoms with Crippen LogP contribution in [-0.2, 0) is 11.0 Å². The predicted octanol–water partition coefficient (Wildman–Crippen LogP) is 3.20. The van der Waals surface area contributed by atoms with Crippen molar-refractivity contribution in [2.75, 3.05) is 18.5 Å². The number of amides is 1. The number of nitriles is 1. The van der Waals surface area contributed by atoms with Gasteiger partial charge in [-0.05, 0) is 24.5 Å². The molecule has 1 aromatic rings. The van der Waals surface area contributed by atoms with E-state index in [4.69, 9.17) is 5.26 Å². The lowest BCUT2D eigenvalue weighted by Crippen LogP contribution is -2.46. The normalized spacial score (nSPS) is 12.6. The number of para-hydroxylation sites is 1. The third-order valence-corrected chi connectivity index (χ3v) is 3.40. The fourth-order valence-corrected chi connectivity index (χ4v) is 2.32. The molecule has 0 heterocycles. The van der Waals surface area contributed by atoms with E-state index in [1.807, 2.05) is 13.8 Å². The molecule has 1 atom stereocenters. The lowest BCUT2D eigenvalue weighted by Gasteiger charge is -2.32. The second-order valence-corrected chi connectivity index (χ2v) is 5.65. The number of alkyl halides is 3. The van der Waals surface area contributed by atoms with E-state index in [9.17, 15) is 18.0 Å². The fourth-order valence-electron chi connectivity index (χ4n) is 2.32. The van der Waals surface area contributed by atoms with Crippen LogP contribution >= 0.6 is 0 Å². The van der Waals surface area contributed by atoms with Crippen molar-refractivity contribution in [1.29, 1.82) is 5.26 Å². The largest absolute Gasteiger partial charge is 0.418 e. The topological polar surface area (TPSA) is 56.1 Å². The molecule has 0 aromatic heterocycles. The minimum Gasteiger partial charge on any atom is -0.362 e. The first-order valence-corrected chi connectivity index (χ1v) is 7.22. The molecule has 126 valence electrons. The Kier molecular flexibility index (Phi) is 6.43. The van der Waals surface area contributed by atoms with Gasteiger partial charge in [0.05, 0.1) is 11.6 Å². The average Bonchev–Trinajstić information content (AvgIpc) is 2.48. The number of halogens is 3. The number of nitrogens with one attached hydrogen (secondary N) is 1. The number of likely N-dealkylation sites (N-methyl/N-ethyl adjacent to an activating group) is 1. The molecule has 0 fully saturated rings. The van der Waals surface area contributed by atoms with Crippen LogP contribution in [0.15, 0.2) is 24.3 Å². The van der Waals surface area contributed by atoms with Gasteiger partial charge in [0, 0.05) is 12.7 Å². The minimum absolute atomic E-state index is 0.0576. The molecular weight excluding hydrogens is 307 g/mol. The van der Waals surface area contributed by atoms with E-state index in [0.717, 1.165) is 6.07 Å². The minimum atomic E-state index is -4.50. The zero-order valence-corrected chi connectivity index (χ0v) is 13.3. The number of carbonyl (C=O) groups excluding carboxylic acids is 1. The Morgan fingerprint density at radius 1 is 1.35 bits per heavy atom. The van der Waals surface area contributed by atoms with Crippen molar-refractivity contribution in [3.05, 3.63) is 29.8 Å². The lowest BCUT2D eigenvalue weighted by atomic mass is 10.0. The van der Waals surface area contributed by atoms with Crippen LogP contribution in [0.4, 0.5) is 18.9 Å². The first-order chi connectivity index (χ1) is 10.7. The highest BCUT2D eigenvalue weighted by Crippen LogP contribution is 2.37. The summed E-state index contributed by atoms with van der Waals surface area (Å²) >= 11 is 0. The zero-order chi connectivity index (χ0) is 17.6. The Balaban J connectivity index is 3.17. The summed E-state index contributed by atoms with van der Waals surface area (Å²) in [4.78, 5) is 13.6. The molecule has 1 aromatic carbocycles. The maximum absolute atomic E-state index is 13.2. The molecule has 23 heavy (non-hydrogen) atoms. The molecule has 0 saturated carbocycles. The highest BCUT2D eigenvalue weighted by atomic mass is 19.4. The highest BCUT2D eigenvalue weighted by molar-refractivity contribution is 5.85. The molecule has 0 spiro atoms. The van der Waals surface area contributed by atoms with Crippen LogP contribution in [0.3, 0.4) is 0 Å². The van der Waals surface area contributed by atoms with Gasteiger partial charge in [0.25, 0.3) is 0 Å². The van der Waals surface area contributed by atoms with Gasteiger partial charge in [-0.2, -0.15) is 18.4 Å². The molecule has 4 nitrogen and oxygen atoms in total. The van der Waals surface area contributed by atoms with E-state index in [1.54, 1.807) is 6.07 Å². The van der Waals surface area contributed by atoms with Crippen molar-refractivity contribution in [2.45, 2.75) is 32.5 Å². The fraction of sp³-hybridized carbons (Fsp3) is 0.500. The Bertz CT molecular complexity index is 579. The second-order valence-electron chi connectivity index (χ2n) is 5.65. The van der Waals surface area contributed by atoms with Crippen LogP contribution in [0, 0.1) is 17.2 Å². The molecule has 1 amide bonds. The van der Waals surface area contributed by atoms with Gasteiger partial charge in [-0.3, -0.25) is 4.79 Å². The van der Waals surface area contributed by atoms with E-state index in [2.05, 4.69) is 5.32 Å². The van der Waals surface area contributed by atoms with Crippen molar-refractivity contribution >= 4 is 11.6 Å². The van der Waals surface area contributed by atoms with Gasteiger partial charge < -0.3 is 10.2 Å². The van der Waals surface area contributed by atoms with Gasteiger partial charge in [-0.25, -0.2) is 0 Å². The number of rotatable bonds is 6. The van der Waals surface area contributed by atoms with Crippen molar-refractivity contribution in [1.82, 2.24) is 5.32 Å². The molecule has 0 aliphatic rings. The van der Waals surface area contributed by atoms with Crippen LogP contribution in [0.25, 0.3) is 0 Å². The number of hydrogen-bond donors (Lipinski definition) is 1. The van der Waals surface area contributed by atoms with Gasteiger partial charge in [-0.15, -0.1) is 0 Å². The van der Waals surface area contributed by atoms with E-state index >= 15 is 0 Å². The van der Waals surface area contributed by atoms with Crippen molar-refractivity contribution in [2.24, 2.45) is 5.92 Å². The standard InChI is InChI=1S/C16H20F3N3O/c1-11(2)10-14(15(23)21-9-8-20)22(3)13-7-5-4-6-12(13)16(17,18)19/h4-7,11,14H,9-10H2,1-3H3,(H,21,23)/t14-/m0/s1. The summed E-state index contributed by atoms with van der Waals surface area (Å²) < 4.78 is 39.5. The maximum Gasteiger partial charge on any atom is 0.418 e. The van der Waals surface area contributed by atoms with Crippen LogP contribution in [0.5, 0.6) is 0 Å². The molecule has 0 unspecified atom stereocenters. The molecule has 7 heteroatoms. The number of benzene rings is 1. The third-order valence-electron chi connectivity index (χ3n) is 3.40. The first-order valence-electron chi connectivity index (χ1n) is 7.22. The van der Waals surface area contributed by atoms with Crippen LogP contribution in [0.2, 0.25) is 0 Å². The van der Waals surface area contributed by atoms with Crippen LogP contribution < -0.4 is 10.2 Å². The Morgan fingerprint density at radius 3 is 2.48 bits per heavy atom. The monoisotopic (exact) mass is 327 g/mol. The van der Waals surface area contributed by atoms with E-state index in [0.29, 0.717) is 6.42 Å². The van der Waals surface area contributed by atoms with E-state index < -0.39 is 23.7 Å². The average molecular weight is 327 g/mol. The SMILES string of the molecule is CC(C)C[C@@H](C(=O)NCC#N)N(C)c1ccccc1C(F)(F)F. The number of anilines is 1. The molecule has 1 rings (SSSR count). The van der Waals surface area contributed by atoms with Gasteiger partial charge in [0.1, 0.15) is 12.6 Å². The van der Waals surface area contributed by atoms with Gasteiger partial charge in [0.15, 0.2) is 0 Å².